The van der Waals surface area contributed by atoms with Gasteiger partial charge in [0.15, 0.2) is 11.5 Å². The summed E-state index contributed by atoms with van der Waals surface area (Å²) < 4.78 is 10.5. The third-order valence-electron chi connectivity index (χ3n) is 5.33. The average Bonchev–Trinajstić information content (AvgIpc) is 2.74. The molecular formula is C23H31N3O3. The maximum absolute atomic E-state index is 12.3. The second kappa shape index (κ2) is 10.3. The molecule has 156 valence electrons. The van der Waals surface area contributed by atoms with Crippen LogP contribution >= 0.6 is 0 Å². The van der Waals surface area contributed by atoms with Crippen LogP contribution in [0.3, 0.4) is 0 Å². The monoisotopic (exact) mass is 397 g/mol. The third kappa shape index (κ3) is 6.21. The maximum atomic E-state index is 12.3. The zero-order chi connectivity index (χ0) is 20.6. The van der Waals surface area contributed by atoms with Gasteiger partial charge in [0.2, 0.25) is 5.91 Å². The Kier molecular flexibility index (Phi) is 7.49. The highest BCUT2D eigenvalue weighted by Crippen LogP contribution is 2.27. The molecule has 1 N–H and O–H groups in total. The Morgan fingerprint density at radius 3 is 2.17 bits per heavy atom. The molecule has 29 heavy (non-hydrogen) atoms. The van der Waals surface area contributed by atoms with Crippen LogP contribution in [0.15, 0.2) is 42.5 Å². The number of hydrogen-bond donors (Lipinski definition) is 1. The fraction of sp³-hybridized carbons (Fsp3) is 0.435. The number of carbonyl (C=O) groups is 1. The van der Waals surface area contributed by atoms with E-state index in [4.69, 9.17) is 9.47 Å². The first kappa shape index (κ1) is 21.1. The Hall–Kier alpha value is -2.57. The molecule has 6 nitrogen and oxygen atoms in total. The van der Waals surface area contributed by atoms with Gasteiger partial charge in [-0.1, -0.05) is 30.3 Å². The van der Waals surface area contributed by atoms with Crippen LogP contribution in [0, 0.1) is 0 Å². The minimum absolute atomic E-state index is 0.0151. The first-order chi connectivity index (χ1) is 14.1. The van der Waals surface area contributed by atoms with Gasteiger partial charge in [-0.2, -0.15) is 0 Å². The van der Waals surface area contributed by atoms with E-state index in [0.29, 0.717) is 24.5 Å². The molecule has 1 amide bonds. The summed E-state index contributed by atoms with van der Waals surface area (Å²) in [6.45, 7) is 6.00. The normalized spacial score (nSPS) is 15.1. The molecule has 0 unspecified atom stereocenters. The molecule has 0 bridgehead atoms. The Morgan fingerprint density at radius 2 is 1.52 bits per heavy atom. The average molecular weight is 398 g/mol. The Labute approximate surface area is 173 Å². The molecule has 0 radical (unpaired) electrons. The summed E-state index contributed by atoms with van der Waals surface area (Å²) in [6.07, 6.45) is 0.307. The van der Waals surface area contributed by atoms with Crippen molar-refractivity contribution in [3.8, 4) is 11.5 Å². The molecule has 0 atom stereocenters. The highest BCUT2D eigenvalue weighted by Gasteiger charge is 2.13. The predicted molar refractivity (Wildman–Crippen MR) is 114 cm³/mol. The molecule has 0 aliphatic carbocycles. The molecular weight excluding hydrogens is 366 g/mol. The van der Waals surface area contributed by atoms with E-state index in [1.54, 1.807) is 14.2 Å². The Morgan fingerprint density at radius 1 is 0.897 bits per heavy atom. The molecule has 1 fully saturated rings. The number of likely N-dealkylation sites (N-methyl/N-ethyl adjacent to an activating group) is 1. The van der Waals surface area contributed by atoms with E-state index < -0.39 is 0 Å². The molecule has 0 spiro atoms. The van der Waals surface area contributed by atoms with Crippen LogP contribution in [0.1, 0.15) is 16.7 Å². The zero-order valence-corrected chi connectivity index (χ0v) is 17.6. The van der Waals surface area contributed by atoms with Crippen molar-refractivity contribution in [2.75, 3.05) is 47.4 Å². The largest absolute Gasteiger partial charge is 0.493 e. The van der Waals surface area contributed by atoms with Crippen molar-refractivity contribution in [2.45, 2.75) is 19.5 Å². The van der Waals surface area contributed by atoms with Crippen molar-refractivity contribution in [3.05, 3.63) is 59.2 Å². The fourth-order valence-corrected chi connectivity index (χ4v) is 3.47. The zero-order valence-electron chi connectivity index (χ0n) is 17.6. The van der Waals surface area contributed by atoms with Gasteiger partial charge in [0.25, 0.3) is 0 Å². The molecule has 1 heterocycles. The molecule has 3 rings (SSSR count). The third-order valence-corrected chi connectivity index (χ3v) is 5.33. The number of methoxy groups -OCH3 is 2. The smallest absolute Gasteiger partial charge is 0.224 e. The molecule has 2 aromatic rings. The SMILES string of the molecule is COc1ccc(CC(=O)NCc2ccc(CN3CCN(C)CC3)cc2)cc1OC. The number of piperazine rings is 1. The summed E-state index contributed by atoms with van der Waals surface area (Å²) in [5, 5.41) is 2.99. The lowest BCUT2D eigenvalue weighted by atomic mass is 10.1. The Balaban J connectivity index is 1.46. The lowest BCUT2D eigenvalue weighted by Crippen LogP contribution is -2.43. The topological polar surface area (TPSA) is 54.0 Å². The summed E-state index contributed by atoms with van der Waals surface area (Å²) in [5.41, 5.74) is 3.31. The van der Waals surface area contributed by atoms with Gasteiger partial charge in [-0.3, -0.25) is 9.69 Å². The molecule has 6 heteroatoms. The van der Waals surface area contributed by atoms with Crippen molar-refractivity contribution < 1.29 is 14.3 Å². The summed E-state index contributed by atoms with van der Waals surface area (Å²) in [6, 6.07) is 14.1. The van der Waals surface area contributed by atoms with Crippen molar-refractivity contribution in [1.29, 1.82) is 0 Å². The summed E-state index contributed by atoms with van der Waals surface area (Å²) >= 11 is 0. The number of nitrogens with zero attached hydrogens (tertiary/aromatic N) is 2. The van der Waals surface area contributed by atoms with Crippen LogP contribution in [-0.4, -0.2) is 63.2 Å². The predicted octanol–water partition coefficient (Wildman–Crippen LogP) is 2.31. The van der Waals surface area contributed by atoms with Crippen molar-refractivity contribution in [3.63, 3.8) is 0 Å². The van der Waals surface area contributed by atoms with E-state index in [-0.39, 0.29) is 5.91 Å². The van der Waals surface area contributed by atoms with Crippen LogP contribution in [0.2, 0.25) is 0 Å². The van der Waals surface area contributed by atoms with Gasteiger partial charge < -0.3 is 19.7 Å². The maximum Gasteiger partial charge on any atom is 0.224 e. The fourth-order valence-electron chi connectivity index (χ4n) is 3.47. The van der Waals surface area contributed by atoms with Crippen LogP contribution in [0.5, 0.6) is 11.5 Å². The van der Waals surface area contributed by atoms with Crippen LogP contribution < -0.4 is 14.8 Å². The van der Waals surface area contributed by atoms with Crippen molar-refractivity contribution in [1.82, 2.24) is 15.1 Å². The highest BCUT2D eigenvalue weighted by atomic mass is 16.5. The van der Waals surface area contributed by atoms with Crippen molar-refractivity contribution >= 4 is 5.91 Å². The lowest BCUT2D eigenvalue weighted by molar-refractivity contribution is -0.120. The number of nitrogens with one attached hydrogen (secondary N) is 1. The second-order valence-electron chi connectivity index (χ2n) is 7.54. The van der Waals surface area contributed by atoms with E-state index in [1.807, 2.05) is 18.2 Å². The highest BCUT2D eigenvalue weighted by molar-refractivity contribution is 5.78. The number of ether oxygens (including phenoxy) is 2. The molecule has 1 aliphatic heterocycles. The number of rotatable bonds is 8. The summed E-state index contributed by atoms with van der Waals surface area (Å²) in [5.74, 6) is 1.28. The second-order valence-corrected chi connectivity index (χ2v) is 7.54. The number of benzene rings is 2. The molecule has 0 saturated carbocycles. The number of amides is 1. The van der Waals surface area contributed by atoms with E-state index >= 15 is 0 Å². The van der Waals surface area contributed by atoms with Crippen LogP contribution in [0.4, 0.5) is 0 Å². The molecule has 0 aromatic heterocycles. The lowest BCUT2D eigenvalue weighted by Gasteiger charge is -2.32. The van der Waals surface area contributed by atoms with E-state index in [9.17, 15) is 4.79 Å². The van der Waals surface area contributed by atoms with Gasteiger partial charge in [-0.15, -0.1) is 0 Å². The number of carbonyl (C=O) groups excluding carboxylic acids is 1. The summed E-state index contributed by atoms with van der Waals surface area (Å²) in [7, 11) is 5.36. The summed E-state index contributed by atoms with van der Waals surface area (Å²) in [4.78, 5) is 17.2. The van der Waals surface area contributed by atoms with Gasteiger partial charge in [0, 0.05) is 39.3 Å². The van der Waals surface area contributed by atoms with E-state index in [1.165, 1.54) is 5.56 Å². The van der Waals surface area contributed by atoms with Gasteiger partial charge in [-0.25, -0.2) is 0 Å². The van der Waals surface area contributed by atoms with Gasteiger partial charge in [0.1, 0.15) is 0 Å². The minimum atomic E-state index is -0.0151. The van der Waals surface area contributed by atoms with Crippen molar-refractivity contribution in [2.24, 2.45) is 0 Å². The van der Waals surface area contributed by atoms with Crippen LogP contribution in [-0.2, 0) is 24.3 Å². The standard InChI is InChI=1S/C23H31N3O3/c1-25-10-12-26(13-11-25)17-19-6-4-18(5-7-19)16-24-23(27)15-20-8-9-21(28-2)22(14-20)29-3/h4-9,14H,10-13,15-17H2,1-3H3,(H,24,27). The van der Waals surface area contributed by atoms with E-state index in [2.05, 4.69) is 46.4 Å². The first-order valence-corrected chi connectivity index (χ1v) is 10.0. The quantitative estimate of drug-likeness (QED) is 0.741. The Bertz CT molecular complexity index is 800. The molecule has 1 saturated heterocycles. The molecule has 2 aromatic carbocycles. The van der Waals surface area contributed by atoms with E-state index in [0.717, 1.165) is 43.9 Å². The van der Waals surface area contributed by atoms with Crippen LogP contribution in [0.25, 0.3) is 0 Å². The minimum Gasteiger partial charge on any atom is -0.493 e. The number of hydrogen-bond acceptors (Lipinski definition) is 5. The van der Waals surface area contributed by atoms with Gasteiger partial charge in [0.05, 0.1) is 20.6 Å². The first-order valence-electron chi connectivity index (χ1n) is 10.0. The van der Waals surface area contributed by atoms with Gasteiger partial charge in [-0.05, 0) is 35.9 Å². The van der Waals surface area contributed by atoms with Gasteiger partial charge >= 0.3 is 0 Å². The molecule has 1 aliphatic rings.